The van der Waals surface area contributed by atoms with E-state index >= 15 is 0 Å². The van der Waals surface area contributed by atoms with Crippen molar-refractivity contribution in [1.82, 2.24) is 4.90 Å². The molecule has 0 bridgehead atoms. The molecule has 0 amide bonds. The molecule has 4 N–H and O–H groups in total. The molecule has 1 aliphatic rings. The molecule has 0 spiro atoms. The molecule has 21 heavy (non-hydrogen) atoms. The summed E-state index contributed by atoms with van der Waals surface area (Å²) in [6.07, 6.45) is 8.34. The van der Waals surface area contributed by atoms with E-state index in [0.717, 1.165) is 11.6 Å². The third-order valence-electron chi connectivity index (χ3n) is 4.05. The van der Waals surface area contributed by atoms with Crippen molar-refractivity contribution in [2.24, 2.45) is 5.73 Å². The van der Waals surface area contributed by atoms with Gasteiger partial charge in [-0.1, -0.05) is 31.4 Å². The summed E-state index contributed by atoms with van der Waals surface area (Å²) in [5, 5.41) is 10.9. The third kappa shape index (κ3) is 4.52. The van der Waals surface area contributed by atoms with Gasteiger partial charge in [-0.05, 0) is 36.5 Å². The van der Waals surface area contributed by atoms with E-state index in [1.807, 2.05) is 14.1 Å². The quantitative estimate of drug-likeness (QED) is 0.586. The van der Waals surface area contributed by atoms with Crippen LogP contribution in [0.4, 0.5) is 5.69 Å². The van der Waals surface area contributed by atoms with E-state index in [1.54, 1.807) is 11.0 Å². The predicted octanol–water partition coefficient (Wildman–Crippen LogP) is 3.49. The van der Waals surface area contributed by atoms with Crippen LogP contribution in [-0.2, 0) is 0 Å². The van der Waals surface area contributed by atoms with Crippen LogP contribution in [0, 0.1) is 5.41 Å². The summed E-state index contributed by atoms with van der Waals surface area (Å²) < 4.78 is 0. The van der Waals surface area contributed by atoms with Gasteiger partial charge >= 0.3 is 0 Å². The number of likely N-dealkylation sites (N-methyl/N-ethyl adjacent to an activating group) is 1. The first-order valence-corrected chi connectivity index (χ1v) is 7.66. The fourth-order valence-electron chi connectivity index (χ4n) is 2.75. The maximum absolute atomic E-state index is 7.74. The Labute approximate surface area is 127 Å². The summed E-state index contributed by atoms with van der Waals surface area (Å²) in [4.78, 5) is 1.71. The molecule has 0 saturated heterocycles. The Morgan fingerprint density at radius 3 is 2.38 bits per heavy atom. The van der Waals surface area contributed by atoms with Crippen molar-refractivity contribution in [3.63, 3.8) is 0 Å². The van der Waals surface area contributed by atoms with Gasteiger partial charge in [0.25, 0.3) is 0 Å². The summed E-state index contributed by atoms with van der Waals surface area (Å²) in [6, 6.07) is 8.54. The molecular weight excluding hydrogens is 260 g/mol. The second-order valence-corrected chi connectivity index (χ2v) is 5.96. The maximum Gasteiger partial charge on any atom is 0.123 e. The average Bonchev–Trinajstić information content (AvgIpc) is 2.48. The third-order valence-corrected chi connectivity index (χ3v) is 4.05. The summed E-state index contributed by atoms with van der Waals surface area (Å²) in [6.45, 7) is 0. The zero-order valence-corrected chi connectivity index (χ0v) is 13.0. The highest BCUT2D eigenvalue weighted by Crippen LogP contribution is 2.32. The number of amidine groups is 1. The maximum atomic E-state index is 7.74. The summed E-state index contributed by atoms with van der Waals surface area (Å²) in [5.74, 6) is 1.58. The molecule has 1 aromatic carbocycles. The largest absolute Gasteiger partial charge is 0.385 e. The lowest BCUT2D eigenvalue weighted by Gasteiger charge is -2.22. The minimum Gasteiger partial charge on any atom is -0.385 e. The lowest BCUT2D eigenvalue weighted by molar-refractivity contribution is 0.443. The van der Waals surface area contributed by atoms with Gasteiger partial charge in [0.15, 0.2) is 0 Å². The average molecular weight is 286 g/mol. The van der Waals surface area contributed by atoms with Gasteiger partial charge in [0, 0.05) is 25.9 Å². The minimum absolute atomic E-state index is 0.374. The van der Waals surface area contributed by atoms with Gasteiger partial charge in [0.1, 0.15) is 11.7 Å². The summed E-state index contributed by atoms with van der Waals surface area (Å²) in [5.41, 5.74) is 8.31. The Balaban J connectivity index is 1.97. The van der Waals surface area contributed by atoms with Crippen LogP contribution in [0.15, 0.2) is 36.2 Å². The molecule has 4 heteroatoms. The summed E-state index contributed by atoms with van der Waals surface area (Å²) in [7, 11) is 3.65. The Kier molecular flexibility index (Phi) is 5.26. The normalized spacial score (nSPS) is 16.6. The van der Waals surface area contributed by atoms with Crippen LogP contribution in [0.1, 0.15) is 43.6 Å². The number of nitrogens with zero attached hydrogens (tertiary/aromatic N) is 1. The Bertz CT molecular complexity index is 496. The Morgan fingerprint density at radius 1 is 1.19 bits per heavy atom. The Morgan fingerprint density at radius 2 is 1.81 bits per heavy atom. The van der Waals surface area contributed by atoms with E-state index in [4.69, 9.17) is 11.1 Å². The van der Waals surface area contributed by atoms with Gasteiger partial charge in [0.2, 0.25) is 0 Å². The van der Waals surface area contributed by atoms with Crippen molar-refractivity contribution in [3.8, 4) is 0 Å². The highest BCUT2D eigenvalue weighted by atomic mass is 15.1. The smallest absolute Gasteiger partial charge is 0.123 e. The molecule has 1 aliphatic carbocycles. The van der Waals surface area contributed by atoms with Crippen molar-refractivity contribution in [3.05, 3.63) is 41.7 Å². The second-order valence-electron chi connectivity index (χ2n) is 5.96. The SMILES string of the molecule is CN(C)C(=N)/C=C(\N)Nc1ccc(C2CCCCC2)cc1. The van der Waals surface area contributed by atoms with Crippen molar-refractivity contribution >= 4 is 11.5 Å². The molecule has 0 aromatic heterocycles. The van der Waals surface area contributed by atoms with Gasteiger partial charge in [-0.3, -0.25) is 5.41 Å². The predicted molar refractivity (Wildman–Crippen MR) is 89.6 cm³/mol. The molecule has 4 nitrogen and oxygen atoms in total. The monoisotopic (exact) mass is 286 g/mol. The van der Waals surface area contributed by atoms with E-state index in [9.17, 15) is 0 Å². The molecule has 2 rings (SSSR count). The van der Waals surface area contributed by atoms with Gasteiger partial charge in [-0.25, -0.2) is 0 Å². The highest BCUT2D eigenvalue weighted by Gasteiger charge is 2.14. The van der Waals surface area contributed by atoms with Crippen molar-refractivity contribution < 1.29 is 0 Å². The standard InChI is InChI=1S/C17H26N4/c1-21(2)17(19)12-16(18)20-15-10-8-14(9-11-15)13-6-4-3-5-7-13/h8-13,19-20H,3-7,18H2,1-2H3/b16-12+,19-17?. The molecule has 1 saturated carbocycles. The van der Waals surface area contributed by atoms with Crippen molar-refractivity contribution in [2.45, 2.75) is 38.0 Å². The molecular formula is C17H26N4. The van der Waals surface area contributed by atoms with Crippen LogP contribution < -0.4 is 11.1 Å². The second kappa shape index (κ2) is 7.16. The van der Waals surface area contributed by atoms with Gasteiger partial charge < -0.3 is 16.0 Å². The molecule has 1 aromatic rings. The van der Waals surface area contributed by atoms with Crippen molar-refractivity contribution in [1.29, 1.82) is 5.41 Å². The molecule has 0 heterocycles. The lowest BCUT2D eigenvalue weighted by Crippen LogP contribution is -2.21. The van der Waals surface area contributed by atoms with Crippen LogP contribution >= 0.6 is 0 Å². The molecule has 0 aliphatic heterocycles. The van der Waals surface area contributed by atoms with Crippen molar-refractivity contribution in [2.75, 3.05) is 19.4 Å². The van der Waals surface area contributed by atoms with E-state index < -0.39 is 0 Å². The van der Waals surface area contributed by atoms with E-state index in [0.29, 0.717) is 11.7 Å². The zero-order valence-electron chi connectivity index (χ0n) is 13.0. The fourth-order valence-corrected chi connectivity index (χ4v) is 2.75. The van der Waals surface area contributed by atoms with Crippen LogP contribution in [0.5, 0.6) is 0 Å². The molecule has 1 fully saturated rings. The first kappa shape index (κ1) is 15.4. The molecule has 0 unspecified atom stereocenters. The fraction of sp³-hybridized carbons (Fsp3) is 0.471. The lowest BCUT2D eigenvalue weighted by atomic mass is 9.84. The van der Waals surface area contributed by atoms with Crippen LogP contribution in [-0.4, -0.2) is 24.8 Å². The number of nitrogens with two attached hydrogens (primary N) is 1. The van der Waals surface area contributed by atoms with Gasteiger partial charge in [0.05, 0.1) is 0 Å². The van der Waals surface area contributed by atoms with E-state index in [-0.39, 0.29) is 0 Å². The first-order valence-electron chi connectivity index (χ1n) is 7.66. The number of rotatable bonds is 4. The first-order chi connectivity index (χ1) is 10.1. The van der Waals surface area contributed by atoms with E-state index in [1.165, 1.54) is 37.7 Å². The minimum atomic E-state index is 0.374. The number of hydrogen-bond acceptors (Lipinski definition) is 3. The number of benzene rings is 1. The highest BCUT2D eigenvalue weighted by molar-refractivity contribution is 5.90. The number of nitrogens with one attached hydrogen (secondary N) is 2. The number of anilines is 1. The molecule has 0 atom stereocenters. The molecule has 0 radical (unpaired) electrons. The molecule has 114 valence electrons. The van der Waals surface area contributed by atoms with Crippen LogP contribution in [0.25, 0.3) is 0 Å². The Hall–Kier alpha value is -1.97. The summed E-state index contributed by atoms with van der Waals surface area (Å²) >= 11 is 0. The number of hydrogen-bond donors (Lipinski definition) is 3. The van der Waals surface area contributed by atoms with Gasteiger partial charge in [-0.2, -0.15) is 0 Å². The van der Waals surface area contributed by atoms with Gasteiger partial charge in [-0.15, -0.1) is 0 Å². The van der Waals surface area contributed by atoms with Crippen LogP contribution in [0.3, 0.4) is 0 Å². The van der Waals surface area contributed by atoms with Crippen LogP contribution in [0.2, 0.25) is 0 Å². The topological polar surface area (TPSA) is 65.1 Å². The zero-order chi connectivity index (χ0) is 15.2. The van der Waals surface area contributed by atoms with E-state index in [2.05, 4.69) is 29.6 Å².